The van der Waals surface area contributed by atoms with Crippen molar-refractivity contribution >= 4 is 44.2 Å². The number of fused-ring (bicyclic) bond motifs is 2. The number of allylic oxidation sites excluding steroid dienone is 1. The molecule has 0 fully saturated rings. The Kier molecular flexibility index (Phi) is 4.85. The highest BCUT2D eigenvalue weighted by Crippen LogP contribution is 2.29. The molecule has 0 radical (unpaired) electrons. The Morgan fingerprint density at radius 3 is 2.61 bits per heavy atom. The van der Waals surface area contributed by atoms with Crippen LogP contribution in [-0.4, -0.2) is 9.55 Å². The lowest BCUT2D eigenvalue weighted by atomic mass is 10.1. The Labute approximate surface area is 185 Å². The molecule has 4 nitrogen and oxygen atoms in total. The Morgan fingerprint density at radius 1 is 1.10 bits per heavy atom. The van der Waals surface area contributed by atoms with E-state index in [2.05, 4.69) is 76.5 Å². The number of nitrogens with zero attached hydrogens (tertiary/aromatic N) is 4. The van der Waals surface area contributed by atoms with Crippen LogP contribution in [0, 0.1) is 18.3 Å². The summed E-state index contributed by atoms with van der Waals surface area (Å²) in [6.07, 6.45) is 1.94. The van der Waals surface area contributed by atoms with E-state index in [0.29, 0.717) is 5.57 Å². The fraction of sp³-hybridized carbons (Fsp3) is 0.115. The molecule has 0 aliphatic heterocycles. The molecule has 5 heteroatoms. The van der Waals surface area contributed by atoms with Gasteiger partial charge in [0, 0.05) is 6.92 Å². The molecule has 0 spiro atoms. The van der Waals surface area contributed by atoms with E-state index in [-0.39, 0.29) is 0 Å². The van der Waals surface area contributed by atoms with Gasteiger partial charge in [-0.1, -0.05) is 36.4 Å². The Morgan fingerprint density at radius 2 is 1.87 bits per heavy atom. The summed E-state index contributed by atoms with van der Waals surface area (Å²) in [6.45, 7) is 5.21. The van der Waals surface area contributed by atoms with Crippen LogP contribution < -0.4 is 4.57 Å². The molecule has 0 saturated heterocycles. The smallest absolute Gasteiger partial charge is 0.235 e. The summed E-state index contributed by atoms with van der Waals surface area (Å²) in [5.41, 5.74) is 5.93. The highest BCUT2D eigenvalue weighted by Gasteiger charge is 2.22. The minimum Gasteiger partial charge on any atom is -0.235 e. The van der Waals surface area contributed by atoms with Gasteiger partial charge >= 0.3 is 0 Å². The van der Waals surface area contributed by atoms with Crippen molar-refractivity contribution in [2.24, 2.45) is 0 Å². The lowest BCUT2D eigenvalue weighted by molar-refractivity contribution is -0.674. The number of aromatic nitrogens is 3. The number of benzene rings is 3. The number of imidazole rings is 1. The van der Waals surface area contributed by atoms with Crippen molar-refractivity contribution in [3.05, 3.63) is 89.2 Å². The molecular weight excluding hydrogens is 400 g/mol. The lowest BCUT2D eigenvalue weighted by Crippen LogP contribution is -2.34. The summed E-state index contributed by atoms with van der Waals surface area (Å²) in [4.78, 5) is 4.66. The molecule has 3 aromatic carbocycles. The van der Waals surface area contributed by atoms with Gasteiger partial charge < -0.3 is 0 Å². The molecule has 0 N–H and O–H groups in total. The maximum Gasteiger partial charge on any atom is 0.259 e. The topological polar surface area (TPSA) is 45.5 Å². The second-order valence-electron chi connectivity index (χ2n) is 7.37. The van der Waals surface area contributed by atoms with E-state index in [1.165, 1.54) is 11.3 Å². The monoisotopic (exact) mass is 421 g/mol. The normalized spacial score (nSPS) is 11.8. The third-order valence-electron chi connectivity index (χ3n) is 5.53. The molecule has 0 aliphatic rings. The van der Waals surface area contributed by atoms with Crippen LogP contribution in [0.2, 0.25) is 0 Å². The van der Waals surface area contributed by atoms with Crippen molar-refractivity contribution in [1.29, 1.82) is 5.26 Å². The first kappa shape index (κ1) is 19.2. The number of aryl methyl sites for hydroxylation is 1. The van der Waals surface area contributed by atoms with Gasteiger partial charge in [0.05, 0.1) is 22.3 Å². The van der Waals surface area contributed by atoms with Crippen LogP contribution in [0.15, 0.2) is 72.8 Å². The van der Waals surface area contributed by atoms with Gasteiger partial charge in [0.2, 0.25) is 0 Å². The van der Waals surface area contributed by atoms with Crippen molar-refractivity contribution < 1.29 is 4.57 Å². The van der Waals surface area contributed by atoms with Crippen molar-refractivity contribution in [2.45, 2.75) is 20.4 Å². The van der Waals surface area contributed by atoms with Gasteiger partial charge in [-0.25, -0.2) is 9.55 Å². The Hall–Kier alpha value is -3.75. The maximum absolute atomic E-state index is 9.84. The molecule has 5 aromatic rings. The molecule has 0 saturated carbocycles. The zero-order valence-electron chi connectivity index (χ0n) is 17.4. The Bertz CT molecular complexity index is 1450. The molecular formula is C26H21N4S+. The van der Waals surface area contributed by atoms with E-state index >= 15 is 0 Å². The molecule has 2 heterocycles. The van der Waals surface area contributed by atoms with Crippen LogP contribution in [0.3, 0.4) is 0 Å². The van der Waals surface area contributed by atoms with E-state index in [9.17, 15) is 5.26 Å². The van der Waals surface area contributed by atoms with Gasteiger partial charge in [-0.3, -0.25) is 0 Å². The Balaban J connectivity index is 1.68. The van der Waals surface area contributed by atoms with Crippen molar-refractivity contribution in [3.63, 3.8) is 0 Å². The van der Waals surface area contributed by atoms with Crippen LogP contribution in [0.5, 0.6) is 0 Å². The molecule has 150 valence electrons. The fourth-order valence-corrected chi connectivity index (χ4v) is 5.04. The highest BCUT2D eigenvalue weighted by atomic mass is 32.1. The fourth-order valence-electron chi connectivity index (χ4n) is 4.11. The summed E-state index contributed by atoms with van der Waals surface area (Å²) < 4.78 is 5.68. The number of thiazole rings is 1. The van der Waals surface area contributed by atoms with Crippen LogP contribution >= 0.6 is 11.3 Å². The van der Waals surface area contributed by atoms with Crippen molar-refractivity contribution in [2.75, 3.05) is 0 Å². The number of nitriles is 1. The minimum atomic E-state index is 0.582. The van der Waals surface area contributed by atoms with E-state index in [0.717, 1.165) is 38.5 Å². The van der Waals surface area contributed by atoms with Gasteiger partial charge in [-0.2, -0.15) is 9.83 Å². The van der Waals surface area contributed by atoms with Crippen molar-refractivity contribution in [1.82, 2.24) is 9.55 Å². The van der Waals surface area contributed by atoms with Crippen LogP contribution in [-0.2, 0) is 6.54 Å². The largest absolute Gasteiger partial charge is 0.259 e. The molecule has 0 atom stereocenters. The standard InChI is InChI=1S/C26H21N4S/c1-3-29-18(2)30(21-9-5-4-6-10-21)24-16-19(13-14-23(24)29)15-20(17-27)26-28-22-11-7-8-12-25(22)31-26/h4-16H,3H2,1-2H3/q+1. The van der Waals surface area contributed by atoms with Gasteiger partial charge in [-0.05, 0) is 55.0 Å². The highest BCUT2D eigenvalue weighted by molar-refractivity contribution is 7.19. The molecule has 0 aliphatic carbocycles. The summed E-state index contributed by atoms with van der Waals surface area (Å²) in [7, 11) is 0. The predicted octanol–water partition coefficient (Wildman–Crippen LogP) is 5.92. The second kappa shape index (κ2) is 7.82. The quantitative estimate of drug-likeness (QED) is 0.267. The van der Waals surface area contributed by atoms with E-state index < -0.39 is 0 Å². The SMILES string of the molecule is CC[n+]1c(C)n(-c2ccccc2)c2cc(C=C(C#N)c3nc4ccccc4s3)ccc21. The van der Waals surface area contributed by atoms with Crippen LogP contribution in [0.1, 0.15) is 23.3 Å². The third-order valence-corrected chi connectivity index (χ3v) is 6.60. The molecule has 0 unspecified atom stereocenters. The summed E-state index contributed by atoms with van der Waals surface area (Å²) in [6, 6.07) is 27.1. The molecule has 31 heavy (non-hydrogen) atoms. The van der Waals surface area contributed by atoms with Gasteiger partial charge in [-0.15, -0.1) is 11.3 Å². The first-order valence-corrected chi connectivity index (χ1v) is 11.1. The van der Waals surface area contributed by atoms with Crippen LogP contribution in [0.4, 0.5) is 0 Å². The van der Waals surface area contributed by atoms with Crippen molar-refractivity contribution in [3.8, 4) is 11.8 Å². The predicted molar refractivity (Wildman–Crippen MR) is 127 cm³/mol. The maximum atomic E-state index is 9.84. The summed E-state index contributed by atoms with van der Waals surface area (Å²) >= 11 is 1.55. The average Bonchev–Trinajstić information content (AvgIpc) is 3.35. The molecule has 0 bridgehead atoms. The summed E-state index contributed by atoms with van der Waals surface area (Å²) in [5.74, 6) is 1.18. The third kappa shape index (κ3) is 3.31. The van der Waals surface area contributed by atoms with Gasteiger partial charge in [0.25, 0.3) is 5.82 Å². The first-order valence-electron chi connectivity index (χ1n) is 10.3. The summed E-state index contributed by atoms with van der Waals surface area (Å²) in [5, 5.41) is 10.6. The number of hydrogen-bond acceptors (Lipinski definition) is 3. The number of hydrogen-bond donors (Lipinski definition) is 0. The molecule has 2 aromatic heterocycles. The zero-order chi connectivity index (χ0) is 21.4. The first-order chi connectivity index (χ1) is 15.2. The van der Waals surface area contributed by atoms with E-state index in [4.69, 9.17) is 0 Å². The molecule has 0 amide bonds. The van der Waals surface area contributed by atoms with Gasteiger partial charge in [0.1, 0.15) is 16.8 Å². The second-order valence-corrected chi connectivity index (χ2v) is 8.40. The van der Waals surface area contributed by atoms with E-state index in [1.807, 2.05) is 36.4 Å². The lowest BCUT2D eigenvalue weighted by Gasteiger charge is -2.00. The zero-order valence-corrected chi connectivity index (χ0v) is 18.2. The van der Waals surface area contributed by atoms with Crippen LogP contribution in [0.25, 0.3) is 38.6 Å². The van der Waals surface area contributed by atoms with Gasteiger partial charge in [0.15, 0.2) is 11.0 Å². The minimum absolute atomic E-state index is 0.582. The number of rotatable bonds is 4. The average molecular weight is 422 g/mol. The number of para-hydroxylation sites is 2. The van der Waals surface area contributed by atoms with E-state index in [1.54, 1.807) is 11.3 Å². The molecule has 5 rings (SSSR count).